The van der Waals surface area contributed by atoms with Crippen LogP contribution in [0.5, 0.6) is 0 Å². The van der Waals surface area contributed by atoms with E-state index in [9.17, 15) is 9.18 Å². The summed E-state index contributed by atoms with van der Waals surface area (Å²) in [5, 5.41) is 3.19. The van der Waals surface area contributed by atoms with Crippen molar-refractivity contribution in [3.8, 4) is 0 Å². The fourth-order valence-electron chi connectivity index (χ4n) is 2.07. The van der Waals surface area contributed by atoms with Crippen LogP contribution in [-0.2, 0) is 11.3 Å². The number of carbonyl (C=O) groups excluding carboxylic acids is 1. The molecule has 116 valence electrons. The topological polar surface area (TPSA) is 32.3 Å². The summed E-state index contributed by atoms with van der Waals surface area (Å²) in [4.78, 5) is 13.8. The monoisotopic (exact) mass is 320 g/mol. The van der Waals surface area contributed by atoms with E-state index in [1.165, 1.54) is 18.2 Å². The number of likely N-dealkylation sites (N-methyl/N-ethyl adjacent to an activating group) is 1. The second-order valence-corrected chi connectivity index (χ2v) is 5.56. The van der Waals surface area contributed by atoms with E-state index >= 15 is 0 Å². The van der Waals surface area contributed by atoms with Gasteiger partial charge in [-0.15, -0.1) is 0 Å². The lowest BCUT2D eigenvalue weighted by molar-refractivity contribution is -0.128. The lowest BCUT2D eigenvalue weighted by atomic mass is 10.1. The first-order valence-corrected chi connectivity index (χ1v) is 7.32. The number of anilines is 1. The third-order valence-corrected chi connectivity index (χ3v) is 3.77. The minimum absolute atomic E-state index is 0.0661. The summed E-state index contributed by atoms with van der Waals surface area (Å²) < 4.78 is 13.0. The van der Waals surface area contributed by atoms with Gasteiger partial charge < -0.3 is 10.2 Å². The predicted molar refractivity (Wildman–Crippen MR) is 87.6 cm³/mol. The van der Waals surface area contributed by atoms with Gasteiger partial charge in [0.2, 0.25) is 5.91 Å². The zero-order valence-corrected chi connectivity index (χ0v) is 13.3. The standard InChI is InChI=1S/C17H18ClFN2O/c1-12-5-3-4-6-13(12)11-21(2)17(22)10-20-16-8-7-14(19)9-15(16)18/h3-9,20H,10-11H2,1-2H3. The summed E-state index contributed by atoms with van der Waals surface area (Å²) in [6.45, 7) is 2.67. The zero-order chi connectivity index (χ0) is 16.1. The molecule has 0 aliphatic rings. The summed E-state index contributed by atoms with van der Waals surface area (Å²) in [7, 11) is 1.75. The summed E-state index contributed by atoms with van der Waals surface area (Å²) in [6, 6.07) is 12.0. The number of rotatable bonds is 5. The Morgan fingerprint density at radius 3 is 2.68 bits per heavy atom. The molecule has 1 N–H and O–H groups in total. The van der Waals surface area contributed by atoms with E-state index in [1.54, 1.807) is 11.9 Å². The van der Waals surface area contributed by atoms with Crippen molar-refractivity contribution in [2.45, 2.75) is 13.5 Å². The Labute approximate surface area is 134 Å². The third kappa shape index (κ3) is 4.21. The fraction of sp³-hybridized carbons (Fsp3) is 0.235. The number of halogens is 2. The van der Waals surface area contributed by atoms with E-state index in [0.717, 1.165) is 11.1 Å². The highest BCUT2D eigenvalue weighted by molar-refractivity contribution is 6.33. The molecule has 5 heteroatoms. The van der Waals surface area contributed by atoms with Crippen LogP contribution >= 0.6 is 11.6 Å². The first-order valence-electron chi connectivity index (χ1n) is 6.95. The van der Waals surface area contributed by atoms with E-state index in [-0.39, 0.29) is 17.5 Å². The lowest BCUT2D eigenvalue weighted by Gasteiger charge is -2.19. The van der Waals surface area contributed by atoms with E-state index < -0.39 is 5.82 Å². The number of nitrogens with one attached hydrogen (secondary N) is 1. The molecule has 22 heavy (non-hydrogen) atoms. The van der Waals surface area contributed by atoms with Crippen molar-refractivity contribution in [1.29, 1.82) is 0 Å². The molecule has 0 unspecified atom stereocenters. The number of benzene rings is 2. The molecular formula is C17H18ClFN2O. The Kier molecular flexibility index (Phi) is 5.39. The Balaban J connectivity index is 1.93. The van der Waals surface area contributed by atoms with Crippen molar-refractivity contribution >= 4 is 23.2 Å². The molecule has 0 saturated heterocycles. The molecule has 0 aliphatic carbocycles. The van der Waals surface area contributed by atoms with Crippen molar-refractivity contribution in [1.82, 2.24) is 4.90 Å². The van der Waals surface area contributed by atoms with Crippen molar-refractivity contribution < 1.29 is 9.18 Å². The van der Waals surface area contributed by atoms with Crippen LogP contribution in [0.4, 0.5) is 10.1 Å². The van der Waals surface area contributed by atoms with Crippen LogP contribution in [-0.4, -0.2) is 24.4 Å². The first-order chi connectivity index (χ1) is 10.5. The molecule has 2 rings (SSSR count). The Morgan fingerprint density at radius 1 is 1.27 bits per heavy atom. The molecule has 0 aromatic heterocycles. The molecule has 1 amide bonds. The maximum atomic E-state index is 13.0. The van der Waals surface area contributed by atoms with Gasteiger partial charge in [-0.2, -0.15) is 0 Å². The van der Waals surface area contributed by atoms with Crippen LogP contribution in [0.3, 0.4) is 0 Å². The number of hydrogen-bond donors (Lipinski definition) is 1. The average Bonchev–Trinajstić information content (AvgIpc) is 2.48. The van der Waals surface area contributed by atoms with Gasteiger partial charge in [-0.1, -0.05) is 35.9 Å². The second kappa shape index (κ2) is 7.27. The highest BCUT2D eigenvalue weighted by Crippen LogP contribution is 2.22. The molecule has 0 spiro atoms. The molecule has 0 heterocycles. The lowest BCUT2D eigenvalue weighted by Crippen LogP contribution is -2.32. The predicted octanol–water partition coefficient (Wildman–Crippen LogP) is 3.86. The Hall–Kier alpha value is -2.07. The molecule has 3 nitrogen and oxygen atoms in total. The fourth-order valence-corrected chi connectivity index (χ4v) is 2.30. The SMILES string of the molecule is Cc1ccccc1CN(C)C(=O)CNc1ccc(F)cc1Cl. The number of carbonyl (C=O) groups is 1. The van der Waals surface area contributed by atoms with Crippen molar-refractivity contribution in [3.63, 3.8) is 0 Å². The average molecular weight is 321 g/mol. The van der Waals surface area contributed by atoms with Gasteiger partial charge in [0.05, 0.1) is 17.3 Å². The Bertz CT molecular complexity index is 675. The van der Waals surface area contributed by atoms with Gasteiger partial charge in [-0.25, -0.2) is 4.39 Å². The number of nitrogens with zero attached hydrogens (tertiary/aromatic N) is 1. The van der Waals surface area contributed by atoms with Crippen LogP contribution in [0.25, 0.3) is 0 Å². The van der Waals surface area contributed by atoms with Crippen LogP contribution < -0.4 is 5.32 Å². The molecule has 0 bridgehead atoms. The minimum atomic E-state index is -0.404. The highest BCUT2D eigenvalue weighted by atomic mass is 35.5. The van der Waals surface area contributed by atoms with Gasteiger partial charge in [-0.05, 0) is 36.2 Å². The molecule has 0 fully saturated rings. The maximum Gasteiger partial charge on any atom is 0.241 e. The number of aryl methyl sites for hydroxylation is 1. The highest BCUT2D eigenvalue weighted by Gasteiger charge is 2.11. The van der Waals surface area contributed by atoms with Crippen LogP contribution in [0.1, 0.15) is 11.1 Å². The summed E-state index contributed by atoms with van der Waals surface area (Å²) >= 11 is 5.92. The zero-order valence-electron chi connectivity index (χ0n) is 12.6. The van der Waals surface area contributed by atoms with Crippen LogP contribution in [0.2, 0.25) is 5.02 Å². The molecule has 2 aromatic rings. The Morgan fingerprint density at radius 2 is 2.00 bits per heavy atom. The second-order valence-electron chi connectivity index (χ2n) is 5.15. The summed E-state index contributed by atoms with van der Waals surface area (Å²) in [5.41, 5.74) is 2.80. The van der Waals surface area contributed by atoms with E-state index in [4.69, 9.17) is 11.6 Å². The van der Waals surface area contributed by atoms with Crippen molar-refractivity contribution in [3.05, 3.63) is 64.4 Å². The third-order valence-electron chi connectivity index (χ3n) is 3.46. The van der Waals surface area contributed by atoms with Crippen LogP contribution in [0.15, 0.2) is 42.5 Å². The largest absolute Gasteiger partial charge is 0.375 e. The number of hydrogen-bond acceptors (Lipinski definition) is 2. The van der Waals surface area contributed by atoms with Crippen molar-refractivity contribution in [2.75, 3.05) is 18.9 Å². The first kappa shape index (κ1) is 16.3. The molecule has 0 radical (unpaired) electrons. The van der Waals surface area contributed by atoms with E-state index in [1.807, 2.05) is 31.2 Å². The van der Waals surface area contributed by atoms with Crippen LogP contribution in [0, 0.1) is 12.7 Å². The molecule has 0 saturated carbocycles. The summed E-state index contributed by atoms with van der Waals surface area (Å²) in [6.07, 6.45) is 0. The maximum absolute atomic E-state index is 13.0. The van der Waals surface area contributed by atoms with Crippen molar-refractivity contribution in [2.24, 2.45) is 0 Å². The smallest absolute Gasteiger partial charge is 0.241 e. The van der Waals surface area contributed by atoms with Gasteiger partial charge in [0.15, 0.2) is 0 Å². The molecule has 0 aliphatic heterocycles. The summed E-state index contributed by atoms with van der Waals surface area (Å²) in [5.74, 6) is -0.470. The van der Waals surface area contributed by atoms with E-state index in [0.29, 0.717) is 12.2 Å². The normalized spacial score (nSPS) is 10.4. The van der Waals surface area contributed by atoms with Gasteiger partial charge >= 0.3 is 0 Å². The van der Waals surface area contributed by atoms with Gasteiger partial charge in [0, 0.05) is 13.6 Å². The quantitative estimate of drug-likeness (QED) is 0.907. The minimum Gasteiger partial charge on any atom is -0.375 e. The molecule has 2 aromatic carbocycles. The number of amides is 1. The van der Waals surface area contributed by atoms with E-state index in [2.05, 4.69) is 5.32 Å². The van der Waals surface area contributed by atoms with Gasteiger partial charge in [0.1, 0.15) is 5.82 Å². The molecular weight excluding hydrogens is 303 g/mol. The van der Waals surface area contributed by atoms with Gasteiger partial charge in [-0.3, -0.25) is 4.79 Å². The molecule has 0 atom stereocenters. The van der Waals surface area contributed by atoms with Gasteiger partial charge in [0.25, 0.3) is 0 Å².